The van der Waals surface area contributed by atoms with Gasteiger partial charge < -0.3 is 10.1 Å². The topological polar surface area (TPSA) is 102 Å². The van der Waals surface area contributed by atoms with Crippen LogP contribution in [0.4, 0.5) is 11.8 Å². The standard InChI is InChI=1S/C11H15N5O2S/c1-2-18-8(17)3-5-13-9-7-4-6-19-10(7)15-11(14-9)16-12/h4,6H,2-3,5,12H2,1H3,(H2,13,14,15,16). The summed E-state index contributed by atoms with van der Waals surface area (Å²) in [5.74, 6) is 6.09. The van der Waals surface area contributed by atoms with Gasteiger partial charge in [-0.2, -0.15) is 4.98 Å². The molecule has 0 aliphatic rings. The van der Waals surface area contributed by atoms with E-state index in [4.69, 9.17) is 10.6 Å². The van der Waals surface area contributed by atoms with Crippen LogP contribution >= 0.6 is 11.3 Å². The third kappa shape index (κ3) is 3.30. The van der Waals surface area contributed by atoms with Crippen molar-refractivity contribution in [3.63, 3.8) is 0 Å². The molecule has 0 saturated heterocycles. The molecule has 0 bridgehead atoms. The summed E-state index contributed by atoms with van der Waals surface area (Å²) in [6, 6.07) is 1.92. The second-order valence-corrected chi connectivity index (χ2v) is 4.56. The molecule has 0 atom stereocenters. The number of rotatable bonds is 6. The summed E-state index contributed by atoms with van der Waals surface area (Å²) >= 11 is 1.50. The minimum Gasteiger partial charge on any atom is -0.466 e. The molecule has 2 aromatic heterocycles. The van der Waals surface area contributed by atoms with Gasteiger partial charge in [-0.05, 0) is 18.4 Å². The first-order valence-corrected chi connectivity index (χ1v) is 6.74. The van der Waals surface area contributed by atoms with Crippen molar-refractivity contribution in [2.45, 2.75) is 13.3 Å². The third-order valence-corrected chi connectivity index (χ3v) is 3.19. The number of anilines is 2. The number of hydrazine groups is 1. The molecule has 0 aromatic carbocycles. The lowest BCUT2D eigenvalue weighted by Crippen LogP contribution is -2.14. The highest BCUT2D eigenvalue weighted by Crippen LogP contribution is 2.26. The quantitative estimate of drug-likeness (QED) is 0.417. The van der Waals surface area contributed by atoms with E-state index in [-0.39, 0.29) is 12.4 Å². The molecule has 0 amide bonds. The lowest BCUT2D eigenvalue weighted by Gasteiger charge is -2.08. The van der Waals surface area contributed by atoms with E-state index in [1.165, 1.54) is 11.3 Å². The molecule has 2 heterocycles. The van der Waals surface area contributed by atoms with Crippen LogP contribution in [0.2, 0.25) is 0 Å². The Bertz CT molecular complexity index is 571. The van der Waals surface area contributed by atoms with Gasteiger partial charge in [0.15, 0.2) is 0 Å². The van der Waals surface area contributed by atoms with Crippen molar-refractivity contribution in [3.8, 4) is 0 Å². The van der Waals surface area contributed by atoms with Crippen molar-refractivity contribution in [2.24, 2.45) is 5.84 Å². The predicted octanol–water partition coefficient (Wildman–Crippen LogP) is 1.34. The normalized spacial score (nSPS) is 10.4. The van der Waals surface area contributed by atoms with Crippen LogP contribution in [-0.4, -0.2) is 29.1 Å². The van der Waals surface area contributed by atoms with Crippen LogP contribution in [0, 0.1) is 0 Å². The van der Waals surface area contributed by atoms with Crippen molar-refractivity contribution in [2.75, 3.05) is 23.9 Å². The zero-order valence-electron chi connectivity index (χ0n) is 10.5. The van der Waals surface area contributed by atoms with E-state index in [0.29, 0.717) is 24.9 Å². The van der Waals surface area contributed by atoms with Gasteiger partial charge >= 0.3 is 5.97 Å². The van der Waals surface area contributed by atoms with Crippen molar-refractivity contribution < 1.29 is 9.53 Å². The van der Waals surface area contributed by atoms with Crippen LogP contribution in [-0.2, 0) is 9.53 Å². The van der Waals surface area contributed by atoms with Gasteiger partial charge in [-0.1, -0.05) is 0 Å². The second kappa shape index (κ2) is 6.30. The number of carbonyl (C=O) groups excluding carboxylic acids is 1. The molecule has 7 nitrogen and oxygen atoms in total. The van der Waals surface area contributed by atoms with Gasteiger partial charge in [0.1, 0.15) is 10.6 Å². The van der Waals surface area contributed by atoms with Gasteiger partial charge in [-0.25, -0.2) is 10.8 Å². The molecule has 4 N–H and O–H groups in total. The fourth-order valence-corrected chi connectivity index (χ4v) is 2.33. The number of carbonyl (C=O) groups is 1. The Balaban J connectivity index is 2.07. The maximum atomic E-state index is 11.2. The number of nitrogens with two attached hydrogens (primary N) is 1. The SMILES string of the molecule is CCOC(=O)CCNc1nc(NN)nc2sccc12. The molecule has 2 rings (SSSR count). The van der Waals surface area contributed by atoms with Gasteiger partial charge in [0, 0.05) is 6.54 Å². The zero-order valence-corrected chi connectivity index (χ0v) is 11.3. The Kier molecular flexibility index (Phi) is 4.48. The highest BCUT2D eigenvalue weighted by atomic mass is 32.1. The van der Waals surface area contributed by atoms with E-state index in [0.717, 1.165) is 10.2 Å². The van der Waals surface area contributed by atoms with Crippen LogP contribution in [0.3, 0.4) is 0 Å². The first kappa shape index (κ1) is 13.5. The first-order valence-electron chi connectivity index (χ1n) is 5.86. The molecule has 19 heavy (non-hydrogen) atoms. The summed E-state index contributed by atoms with van der Waals surface area (Å²) < 4.78 is 4.86. The third-order valence-electron chi connectivity index (χ3n) is 2.38. The smallest absolute Gasteiger partial charge is 0.307 e. The summed E-state index contributed by atoms with van der Waals surface area (Å²) in [7, 11) is 0. The number of fused-ring (bicyclic) bond motifs is 1. The van der Waals surface area contributed by atoms with Crippen LogP contribution < -0.4 is 16.6 Å². The van der Waals surface area contributed by atoms with Gasteiger partial charge in [0.2, 0.25) is 5.95 Å². The number of nitrogens with one attached hydrogen (secondary N) is 2. The fourth-order valence-electron chi connectivity index (χ4n) is 1.57. The highest BCUT2D eigenvalue weighted by molar-refractivity contribution is 7.16. The summed E-state index contributed by atoms with van der Waals surface area (Å²) in [6.45, 7) is 2.62. The number of nitrogen functional groups attached to an aromatic ring is 1. The molecule has 2 aromatic rings. The second-order valence-electron chi connectivity index (χ2n) is 3.66. The molecule has 0 aliphatic heterocycles. The minimum atomic E-state index is -0.234. The average molecular weight is 281 g/mol. The van der Waals surface area contributed by atoms with E-state index in [1.54, 1.807) is 6.92 Å². The van der Waals surface area contributed by atoms with Gasteiger partial charge in [0.05, 0.1) is 18.4 Å². The maximum Gasteiger partial charge on any atom is 0.307 e. The minimum absolute atomic E-state index is 0.234. The van der Waals surface area contributed by atoms with Crippen molar-refractivity contribution in [1.82, 2.24) is 9.97 Å². The average Bonchev–Trinajstić information content (AvgIpc) is 2.87. The molecule has 8 heteroatoms. The first-order chi connectivity index (χ1) is 9.24. The fraction of sp³-hybridized carbons (Fsp3) is 0.364. The van der Waals surface area contributed by atoms with E-state index >= 15 is 0 Å². The Hall–Kier alpha value is -1.93. The van der Waals surface area contributed by atoms with Gasteiger partial charge in [-0.3, -0.25) is 10.2 Å². The molecule has 0 saturated carbocycles. The molecule has 0 aliphatic carbocycles. The van der Waals surface area contributed by atoms with Crippen molar-refractivity contribution in [3.05, 3.63) is 11.4 Å². The zero-order chi connectivity index (χ0) is 13.7. The Morgan fingerprint density at radius 1 is 1.53 bits per heavy atom. The molecule has 0 unspecified atom stereocenters. The van der Waals surface area contributed by atoms with Gasteiger partial charge in [0.25, 0.3) is 0 Å². The Morgan fingerprint density at radius 3 is 3.11 bits per heavy atom. The molecular formula is C11H15N5O2S. The Morgan fingerprint density at radius 2 is 2.37 bits per heavy atom. The Labute approximate surface area is 114 Å². The molecule has 0 spiro atoms. The van der Waals surface area contributed by atoms with E-state index < -0.39 is 0 Å². The largest absolute Gasteiger partial charge is 0.466 e. The highest BCUT2D eigenvalue weighted by Gasteiger charge is 2.09. The molecular weight excluding hydrogens is 266 g/mol. The van der Waals surface area contributed by atoms with Crippen LogP contribution in [0.1, 0.15) is 13.3 Å². The van der Waals surface area contributed by atoms with Gasteiger partial charge in [-0.15, -0.1) is 11.3 Å². The number of hydrogen-bond donors (Lipinski definition) is 3. The lowest BCUT2D eigenvalue weighted by molar-refractivity contribution is -0.142. The van der Waals surface area contributed by atoms with Crippen LogP contribution in [0.5, 0.6) is 0 Å². The van der Waals surface area contributed by atoms with Crippen LogP contribution in [0.25, 0.3) is 10.2 Å². The predicted molar refractivity (Wildman–Crippen MR) is 75.0 cm³/mol. The monoisotopic (exact) mass is 281 g/mol. The number of hydrogen-bond acceptors (Lipinski definition) is 8. The van der Waals surface area contributed by atoms with E-state index in [1.807, 2.05) is 11.4 Å². The van der Waals surface area contributed by atoms with E-state index in [2.05, 4.69) is 20.7 Å². The summed E-state index contributed by atoms with van der Waals surface area (Å²) in [5.41, 5.74) is 2.42. The molecule has 102 valence electrons. The van der Waals surface area contributed by atoms with Crippen LogP contribution in [0.15, 0.2) is 11.4 Å². The van der Waals surface area contributed by atoms with Crippen molar-refractivity contribution in [1.29, 1.82) is 0 Å². The summed E-state index contributed by atoms with van der Waals surface area (Å²) in [5, 5.41) is 5.93. The van der Waals surface area contributed by atoms with Crippen molar-refractivity contribution >= 4 is 39.3 Å². The molecule has 0 fully saturated rings. The molecule has 0 radical (unpaired) electrons. The summed E-state index contributed by atoms with van der Waals surface area (Å²) in [6.07, 6.45) is 0.287. The number of aromatic nitrogens is 2. The number of ether oxygens (including phenoxy) is 1. The number of nitrogens with zero attached hydrogens (tertiary/aromatic N) is 2. The summed E-state index contributed by atoms with van der Waals surface area (Å²) in [4.78, 5) is 20.5. The lowest BCUT2D eigenvalue weighted by atomic mass is 10.3. The van der Waals surface area contributed by atoms with E-state index in [9.17, 15) is 4.79 Å². The maximum absolute atomic E-state index is 11.2. The number of esters is 1. The number of thiophene rings is 1.